The molecule has 0 saturated carbocycles. The Kier molecular flexibility index (Phi) is 41.9. The number of para-hydroxylation sites is 2. The molecule has 135 heavy (non-hydrogen) atoms. The molecule has 6 aromatic rings. The first-order chi connectivity index (χ1) is 64.4. The SMILES string of the molecule is CCCC[C@H]1C(=O)N(C)[C@@H](CCCC)C(=O)C[C@@H](CCCNC(=N)N)C(=O)N[C@H](C(=O)NCC(N)=O)CSCC(=O)N[C@@H](Cc2ccccc2)C(=O)N(C)[C@@H](C)C(=O)N[C@@H](CC(N)=O)C(=O)N2CCC[C@H]2C(=O)C[C@@H](Cc2cnc[nH]2)C(=O)C[C@@H](CCCNC(=N)N)C(=O)N(C)CC(=O)N[C@@H](Cc2c[nH]c3ccccc23)C(=O)C[C@@H](CO)C(=O)N[C@@H](Cc2c[nH]c3ccccc23)C(=O)N1C. The average molecular weight is 1890 g/mol. The van der Waals surface area contributed by atoms with Crippen molar-refractivity contribution in [1.29, 1.82) is 10.8 Å². The van der Waals surface area contributed by atoms with Gasteiger partial charge in [0.25, 0.3) is 0 Å². The highest BCUT2D eigenvalue weighted by molar-refractivity contribution is 8.00. The number of fused-ring (bicyclic) bond motifs is 3. The highest BCUT2D eigenvalue weighted by atomic mass is 32.2. The summed E-state index contributed by atoms with van der Waals surface area (Å²) in [5.41, 5.74) is 25.9. The van der Waals surface area contributed by atoms with Gasteiger partial charge in [0, 0.05) is 162 Å². The number of aromatic amines is 3. The van der Waals surface area contributed by atoms with E-state index in [-0.39, 0.29) is 108 Å². The number of rotatable bonds is 28. The van der Waals surface area contributed by atoms with Gasteiger partial charge in [-0.3, -0.25) is 92.3 Å². The van der Waals surface area contributed by atoms with Gasteiger partial charge in [0.1, 0.15) is 42.0 Å². The normalized spacial score (nSPS) is 23.4. The number of nitrogens with zero attached hydrogens (tertiary/aromatic N) is 6. The summed E-state index contributed by atoms with van der Waals surface area (Å²) in [5.74, 6) is -20.8. The predicted molar refractivity (Wildman–Crippen MR) is 504 cm³/mol. The summed E-state index contributed by atoms with van der Waals surface area (Å²) in [4.78, 5) is 269. The van der Waals surface area contributed by atoms with Gasteiger partial charge in [0.05, 0.1) is 62.2 Å². The number of nitrogens with two attached hydrogens (primary N) is 4. The molecule has 42 heteroatoms. The number of guanidine groups is 2. The number of carbonyl (C=O) groups excluding carboxylic acids is 17. The summed E-state index contributed by atoms with van der Waals surface area (Å²) in [5, 5.41) is 49.6. The fourth-order valence-electron chi connectivity index (χ4n) is 17.0. The van der Waals surface area contributed by atoms with Gasteiger partial charge in [0.15, 0.2) is 29.3 Å². The largest absolute Gasteiger partial charge is 0.396 e. The van der Waals surface area contributed by atoms with Crippen LogP contribution in [0.2, 0.25) is 0 Å². The molecule has 3 aromatic heterocycles. The molecule has 2 saturated heterocycles. The Balaban J connectivity index is 1.19. The number of primary amides is 2. The molecule has 2 aliphatic rings. The van der Waals surface area contributed by atoms with Crippen molar-refractivity contribution >= 4 is 145 Å². The lowest BCUT2D eigenvalue weighted by Crippen LogP contribution is -2.58. The number of hydrogen-bond donors (Lipinski definition) is 18. The number of aliphatic hydroxyl groups excluding tert-OH is 1. The third-order valence-corrected chi connectivity index (χ3v) is 25.7. The third kappa shape index (κ3) is 31.9. The summed E-state index contributed by atoms with van der Waals surface area (Å²) in [6.07, 6.45) is 4.62. The first-order valence-electron chi connectivity index (χ1n) is 45.7. The molecule has 3 aromatic carbocycles. The van der Waals surface area contributed by atoms with Gasteiger partial charge < -0.3 is 110 Å². The van der Waals surface area contributed by atoms with E-state index in [1.807, 2.05) is 13.8 Å². The molecule has 0 unspecified atom stereocenters. The Morgan fingerprint density at radius 2 is 1.06 bits per heavy atom. The van der Waals surface area contributed by atoms with Gasteiger partial charge in [-0.2, -0.15) is 0 Å². The van der Waals surface area contributed by atoms with Crippen molar-refractivity contribution in [3.8, 4) is 0 Å². The first-order valence-corrected chi connectivity index (χ1v) is 46.8. The average Bonchev–Trinajstić information content (AvgIpc) is 1.78. The summed E-state index contributed by atoms with van der Waals surface area (Å²) in [6, 6.07) is 9.78. The van der Waals surface area contributed by atoms with Gasteiger partial charge in [-0.05, 0) is 93.5 Å². The zero-order chi connectivity index (χ0) is 98.7. The van der Waals surface area contributed by atoms with Crippen LogP contribution in [0.5, 0.6) is 0 Å². The van der Waals surface area contributed by atoms with Crippen LogP contribution < -0.4 is 65.5 Å². The van der Waals surface area contributed by atoms with Crippen LogP contribution in [-0.2, 0) is 107 Å². The Morgan fingerprint density at radius 3 is 1.65 bits per heavy atom. The molecule has 5 heterocycles. The lowest BCUT2D eigenvalue weighted by atomic mass is 9.84. The quantitative estimate of drug-likeness (QED) is 0.0180. The van der Waals surface area contributed by atoms with Crippen LogP contribution in [0.4, 0.5) is 0 Å². The number of benzene rings is 3. The van der Waals surface area contributed by atoms with Crippen LogP contribution in [0.1, 0.15) is 152 Å². The second-order valence-electron chi connectivity index (χ2n) is 34.7. The molecular formula is C93H131N23O18S. The zero-order valence-corrected chi connectivity index (χ0v) is 78.4. The first kappa shape index (κ1) is 107. The van der Waals surface area contributed by atoms with Crippen LogP contribution in [-0.4, -0.2) is 295 Å². The highest BCUT2D eigenvalue weighted by Gasteiger charge is 2.44. The van der Waals surface area contributed by atoms with E-state index >= 15 is 43.2 Å². The summed E-state index contributed by atoms with van der Waals surface area (Å²) >= 11 is 0.817. The molecule has 13 amide bonds. The molecule has 0 radical (unpaired) electrons. The summed E-state index contributed by atoms with van der Waals surface area (Å²) < 4.78 is 0. The Hall–Kier alpha value is -13.4. The molecule has 41 nitrogen and oxygen atoms in total. The number of amides is 13. The maximum atomic E-state index is 15.8. The molecule has 22 N–H and O–H groups in total. The lowest BCUT2D eigenvalue weighted by molar-refractivity contribution is -0.149. The smallest absolute Gasteiger partial charge is 0.246 e. The van der Waals surface area contributed by atoms with Crippen molar-refractivity contribution in [3.63, 3.8) is 0 Å². The van der Waals surface area contributed by atoms with E-state index in [1.54, 1.807) is 91.3 Å². The standard InChI is InChI=1S/C93H131N23O18S/c1-8-10-30-72-77(120)40-56(24-19-33-101-92(96)97)84(127)111-71(86(129)105-48-80(95)123)51-135-52-82(125)108-68(36-55-22-13-12-14-23-55)88(131)113(5)54(3)83(126)109-70(44-79(94)122)90(133)116-35-21-32-73(116)78(121)42-58(37-62-47-100-53-106-62)75(118)41-57(25-20-34-102-93(98)99)87(130)112(4)49-81(124)107-67(38-59-45-103-65-28-17-15-26-63(59)65)76(119)43-61(50-117)85(128)110-69(39-60-46-104-66-29-18-16-27-64(60)66)89(132)115(7)74(31-11-9-2)91(134)114(72)6/h12-18,22-23,26-29,45-47,53-54,56-58,61,67-74,103-104,117H,8-11,19-21,24-25,30-44,48-52H2,1-7H3,(H2,94,122)(H2,95,123)(H,100,106)(H,105,129)(H,107,124)(H,108,125)(H,109,126)(H,110,128)(H,111,127)(H4,96,97,101)(H4,98,99,102)/t54-,56+,57+,58+,61-,67-,68-,69-,70-,71-,72-,73-,74-/m0/s1. The molecule has 2 aliphatic heterocycles. The zero-order valence-electron chi connectivity index (χ0n) is 77.6. The number of nitrogens with one attached hydrogen (secondary N) is 13. The molecule has 0 aliphatic carbocycles. The van der Waals surface area contributed by atoms with Gasteiger partial charge in [-0.15, -0.1) is 11.8 Å². The van der Waals surface area contributed by atoms with Crippen LogP contribution in [0.25, 0.3) is 21.8 Å². The molecule has 0 spiro atoms. The van der Waals surface area contributed by atoms with Crippen molar-refractivity contribution in [3.05, 3.63) is 126 Å². The maximum absolute atomic E-state index is 15.8. The number of thioether (sulfide) groups is 1. The van der Waals surface area contributed by atoms with Gasteiger partial charge in [-0.1, -0.05) is 106 Å². The number of hydrogen-bond acceptors (Lipinski definition) is 22. The topological polar surface area (TPSA) is 635 Å². The fraction of sp³-hybridized carbons (Fsp3) is 0.527. The molecule has 0 bridgehead atoms. The molecule has 13 atom stereocenters. The molecule has 8 rings (SSSR count). The van der Waals surface area contributed by atoms with E-state index in [0.717, 1.165) is 21.6 Å². The van der Waals surface area contributed by atoms with E-state index in [9.17, 15) is 43.5 Å². The van der Waals surface area contributed by atoms with Crippen LogP contribution in [0.15, 0.2) is 104 Å². The van der Waals surface area contributed by atoms with Crippen molar-refractivity contribution in [2.75, 3.05) is 79.0 Å². The van der Waals surface area contributed by atoms with Gasteiger partial charge in [-0.25, -0.2) is 4.98 Å². The number of imidazole rings is 1. The second-order valence-corrected chi connectivity index (χ2v) is 35.8. The Bertz CT molecular complexity index is 5160. The van der Waals surface area contributed by atoms with E-state index in [1.165, 1.54) is 62.3 Å². The monoisotopic (exact) mass is 1890 g/mol. The van der Waals surface area contributed by atoms with Crippen LogP contribution in [0.3, 0.4) is 0 Å². The van der Waals surface area contributed by atoms with Gasteiger partial charge in [0.2, 0.25) is 76.8 Å². The number of ketones is 4. The fourth-order valence-corrected chi connectivity index (χ4v) is 17.8. The minimum atomic E-state index is -1.72. The number of likely N-dealkylation sites (N-methyl/N-ethyl adjacent to an activating group) is 4. The summed E-state index contributed by atoms with van der Waals surface area (Å²) in [7, 11) is 5.36. The third-order valence-electron chi connectivity index (χ3n) is 24.6. The maximum Gasteiger partial charge on any atom is 0.246 e. The van der Waals surface area contributed by atoms with Crippen molar-refractivity contribution in [1.82, 2.24) is 87.0 Å². The van der Waals surface area contributed by atoms with Crippen LogP contribution in [0, 0.1) is 34.5 Å². The van der Waals surface area contributed by atoms with E-state index < -0.39 is 241 Å². The molecule has 732 valence electrons. The Morgan fingerprint density at radius 1 is 0.519 bits per heavy atom. The van der Waals surface area contributed by atoms with Gasteiger partial charge >= 0.3 is 0 Å². The number of H-pyrrole nitrogens is 3. The van der Waals surface area contributed by atoms with E-state index in [0.29, 0.717) is 69.9 Å². The minimum Gasteiger partial charge on any atom is -0.396 e. The van der Waals surface area contributed by atoms with Crippen molar-refractivity contribution in [2.45, 2.75) is 210 Å². The Labute approximate surface area is 787 Å². The van der Waals surface area contributed by atoms with E-state index in [4.69, 9.17) is 33.8 Å². The van der Waals surface area contributed by atoms with Crippen LogP contribution >= 0.6 is 11.8 Å². The van der Waals surface area contributed by atoms with E-state index in [2.05, 4.69) is 62.5 Å². The second kappa shape index (κ2) is 52.9. The number of aromatic nitrogens is 4. The lowest BCUT2D eigenvalue weighted by Gasteiger charge is -2.36. The molecule has 2 fully saturated rings. The minimum absolute atomic E-state index is 0.0330. The molecular weight excluding hydrogens is 1760 g/mol. The number of Topliss-reactive ketones (excluding diaryl/α,β-unsaturated/α-hetero) is 4. The highest BCUT2D eigenvalue weighted by Crippen LogP contribution is 2.30. The number of unbranched alkanes of at least 4 members (excludes halogenated alkanes) is 2. The van der Waals surface area contributed by atoms with Crippen molar-refractivity contribution < 1.29 is 86.6 Å². The number of aliphatic hydroxyl groups is 1. The van der Waals surface area contributed by atoms with Crippen molar-refractivity contribution in [2.24, 2.45) is 46.6 Å². The predicted octanol–water partition coefficient (Wildman–Crippen LogP) is 0.442. The summed E-state index contributed by atoms with van der Waals surface area (Å²) in [6.45, 7) is 2.72. The number of carbonyl (C=O) groups is 17.